The fourth-order valence-corrected chi connectivity index (χ4v) is 1.92. The number of hydrogen-bond acceptors (Lipinski definition) is 5. The molecule has 90 valence electrons. The summed E-state index contributed by atoms with van der Waals surface area (Å²) < 4.78 is 5.51. The van der Waals surface area contributed by atoms with Crippen molar-refractivity contribution in [2.45, 2.75) is 51.2 Å². The van der Waals surface area contributed by atoms with Crippen LogP contribution in [0.25, 0.3) is 0 Å². The van der Waals surface area contributed by atoms with Gasteiger partial charge in [-0.15, -0.1) is 0 Å². The average molecular weight is 219 g/mol. The predicted molar refractivity (Wildman–Crippen MR) is 55.2 cm³/mol. The van der Waals surface area contributed by atoms with E-state index in [9.17, 15) is 10.2 Å². The lowest BCUT2D eigenvalue weighted by Gasteiger charge is -2.46. The summed E-state index contributed by atoms with van der Waals surface area (Å²) in [6.45, 7) is 5.50. The third-order valence-electron chi connectivity index (χ3n) is 2.83. The Balaban J connectivity index is 2.83. The molecule has 15 heavy (non-hydrogen) atoms. The molecule has 0 aliphatic carbocycles. The van der Waals surface area contributed by atoms with Crippen LogP contribution in [-0.2, 0) is 4.74 Å². The second-order valence-electron chi connectivity index (χ2n) is 5.20. The van der Waals surface area contributed by atoms with Gasteiger partial charge in [0.1, 0.15) is 18.3 Å². The van der Waals surface area contributed by atoms with Gasteiger partial charge in [-0.3, -0.25) is 0 Å². The summed E-state index contributed by atoms with van der Waals surface area (Å²) in [5.74, 6) is 0. The van der Waals surface area contributed by atoms with Crippen molar-refractivity contribution in [3.63, 3.8) is 0 Å². The minimum atomic E-state index is -1.12. The van der Waals surface area contributed by atoms with Crippen LogP contribution < -0.4 is 5.73 Å². The molecule has 5 atom stereocenters. The molecule has 1 aliphatic heterocycles. The van der Waals surface area contributed by atoms with Crippen LogP contribution in [0, 0.1) is 5.41 Å². The molecule has 5 N–H and O–H groups in total. The average Bonchev–Trinajstić information content (AvgIpc) is 2.13. The highest BCUT2D eigenvalue weighted by Gasteiger charge is 2.46. The van der Waals surface area contributed by atoms with E-state index in [4.69, 9.17) is 15.6 Å². The zero-order chi connectivity index (χ0) is 11.8. The van der Waals surface area contributed by atoms with Gasteiger partial charge in [-0.05, 0) is 5.41 Å². The van der Waals surface area contributed by atoms with E-state index >= 15 is 0 Å². The van der Waals surface area contributed by atoms with Crippen LogP contribution in [0.2, 0.25) is 0 Å². The van der Waals surface area contributed by atoms with E-state index in [-0.39, 0.29) is 18.1 Å². The van der Waals surface area contributed by atoms with Crippen LogP contribution in [0.3, 0.4) is 0 Å². The highest BCUT2D eigenvalue weighted by atomic mass is 16.5. The fraction of sp³-hybridized carbons (Fsp3) is 1.00. The van der Waals surface area contributed by atoms with Crippen molar-refractivity contribution in [1.29, 1.82) is 0 Å². The molecular formula is C10H21NO4. The molecular weight excluding hydrogens is 198 g/mol. The maximum absolute atomic E-state index is 9.72. The van der Waals surface area contributed by atoms with E-state index in [1.807, 2.05) is 20.8 Å². The zero-order valence-corrected chi connectivity index (χ0v) is 9.42. The van der Waals surface area contributed by atoms with Gasteiger partial charge in [0.15, 0.2) is 0 Å². The van der Waals surface area contributed by atoms with Gasteiger partial charge in [0.2, 0.25) is 0 Å². The third kappa shape index (κ3) is 2.49. The number of ether oxygens (including phenoxy) is 1. The van der Waals surface area contributed by atoms with Gasteiger partial charge in [0, 0.05) is 0 Å². The van der Waals surface area contributed by atoms with Gasteiger partial charge in [-0.1, -0.05) is 20.8 Å². The Hall–Kier alpha value is -0.200. The lowest BCUT2D eigenvalue weighted by molar-refractivity contribution is -0.211. The first-order valence-electron chi connectivity index (χ1n) is 5.17. The Kier molecular flexibility index (Phi) is 3.73. The molecule has 1 rings (SSSR count). The van der Waals surface area contributed by atoms with Crippen molar-refractivity contribution < 1.29 is 20.1 Å². The summed E-state index contributed by atoms with van der Waals surface area (Å²) in [5.41, 5.74) is 5.56. The van der Waals surface area contributed by atoms with Gasteiger partial charge in [-0.2, -0.15) is 0 Å². The lowest BCUT2D eigenvalue weighted by atomic mass is 9.79. The molecule has 0 radical (unpaired) electrons. The van der Waals surface area contributed by atoms with E-state index in [2.05, 4.69) is 0 Å². The topological polar surface area (TPSA) is 95.9 Å². The molecule has 0 aromatic heterocycles. The molecule has 0 spiro atoms. The number of hydrogen-bond donors (Lipinski definition) is 4. The molecule has 2 unspecified atom stereocenters. The first-order valence-corrected chi connectivity index (χ1v) is 5.17. The van der Waals surface area contributed by atoms with E-state index < -0.39 is 24.4 Å². The fourth-order valence-electron chi connectivity index (χ4n) is 1.92. The van der Waals surface area contributed by atoms with Gasteiger partial charge in [0.05, 0.1) is 18.8 Å². The molecule has 0 aromatic rings. The SMILES string of the molecule is CC(C)(C)[C@@H]1OC(CO)[C@@H](O)[C@H](O)C1N. The molecule has 1 aliphatic rings. The molecule has 0 aromatic carbocycles. The Morgan fingerprint density at radius 1 is 1.20 bits per heavy atom. The largest absolute Gasteiger partial charge is 0.394 e. The van der Waals surface area contributed by atoms with Gasteiger partial charge >= 0.3 is 0 Å². The summed E-state index contributed by atoms with van der Waals surface area (Å²) in [4.78, 5) is 0. The molecule has 1 heterocycles. The molecule has 0 saturated carbocycles. The van der Waals surface area contributed by atoms with Crippen molar-refractivity contribution in [2.75, 3.05) is 6.61 Å². The van der Waals surface area contributed by atoms with Gasteiger partial charge < -0.3 is 25.8 Å². The van der Waals surface area contributed by atoms with Crippen LogP contribution >= 0.6 is 0 Å². The third-order valence-corrected chi connectivity index (χ3v) is 2.83. The summed E-state index contributed by atoms with van der Waals surface area (Å²) in [6, 6.07) is -0.636. The number of nitrogens with two attached hydrogens (primary N) is 1. The first kappa shape index (κ1) is 12.9. The molecule has 1 saturated heterocycles. The number of aliphatic hydroxyl groups is 3. The summed E-state index contributed by atoms with van der Waals surface area (Å²) in [6.07, 6.45) is -3.32. The molecule has 1 fully saturated rings. The summed E-state index contributed by atoms with van der Waals surface area (Å²) in [5, 5.41) is 28.3. The van der Waals surface area contributed by atoms with Crippen molar-refractivity contribution in [3.8, 4) is 0 Å². The van der Waals surface area contributed by atoms with E-state index in [0.29, 0.717) is 0 Å². The Morgan fingerprint density at radius 3 is 2.13 bits per heavy atom. The highest BCUT2D eigenvalue weighted by Crippen LogP contribution is 2.31. The van der Waals surface area contributed by atoms with Crippen LogP contribution in [0.1, 0.15) is 20.8 Å². The van der Waals surface area contributed by atoms with Crippen molar-refractivity contribution in [2.24, 2.45) is 11.1 Å². The quantitative estimate of drug-likeness (QED) is 0.446. The lowest BCUT2D eigenvalue weighted by Crippen LogP contribution is -2.64. The van der Waals surface area contributed by atoms with Crippen LogP contribution in [0.15, 0.2) is 0 Å². The monoisotopic (exact) mass is 219 g/mol. The number of rotatable bonds is 1. The minimum Gasteiger partial charge on any atom is -0.394 e. The van der Waals surface area contributed by atoms with Crippen molar-refractivity contribution in [1.82, 2.24) is 0 Å². The maximum Gasteiger partial charge on any atom is 0.110 e. The normalized spacial score (nSPS) is 43.0. The molecule has 5 heteroatoms. The summed E-state index contributed by atoms with van der Waals surface area (Å²) in [7, 11) is 0. The van der Waals surface area contributed by atoms with Crippen LogP contribution in [0.5, 0.6) is 0 Å². The maximum atomic E-state index is 9.72. The van der Waals surface area contributed by atoms with E-state index in [0.717, 1.165) is 0 Å². The molecule has 0 bridgehead atoms. The Morgan fingerprint density at radius 2 is 1.73 bits per heavy atom. The van der Waals surface area contributed by atoms with E-state index in [1.165, 1.54) is 0 Å². The summed E-state index contributed by atoms with van der Waals surface area (Å²) >= 11 is 0. The standard InChI is InChI=1S/C10H21NO4/c1-10(2,3)9-6(11)8(14)7(13)5(4-12)15-9/h5-9,12-14H,4,11H2,1-3H3/t5?,6?,7-,8-,9-/m1/s1. The minimum absolute atomic E-state index is 0.242. The zero-order valence-electron chi connectivity index (χ0n) is 9.42. The van der Waals surface area contributed by atoms with Crippen LogP contribution in [-0.4, -0.2) is 52.4 Å². The second-order valence-corrected chi connectivity index (χ2v) is 5.20. The van der Waals surface area contributed by atoms with Crippen molar-refractivity contribution >= 4 is 0 Å². The van der Waals surface area contributed by atoms with Crippen LogP contribution in [0.4, 0.5) is 0 Å². The van der Waals surface area contributed by atoms with E-state index in [1.54, 1.807) is 0 Å². The van der Waals surface area contributed by atoms with Crippen molar-refractivity contribution in [3.05, 3.63) is 0 Å². The highest BCUT2D eigenvalue weighted by molar-refractivity contribution is 4.98. The second kappa shape index (κ2) is 4.35. The van der Waals surface area contributed by atoms with Gasteiger partial charge in [0.25, 0.3) is 0 Å². The predicted octanol–water partition coefficient (Wildman–Crippen LogP) is -1.16. The number of aliphatic hydroxyl groups excluding tert-OH is 3. The first-order chi connectivity index (χ1) is 6.79. The Bertz CT molecular complexity index is 214. The smallest absolute Gasteiger partial charge is 0.110 e. The Labute approximate surface area is 89.9 Å². The molecule has 5 nitrogen and oxygen atoms in total. The molecule has 0 amide bonds. The van der Waals surface area contributed by atoms with Gasteiger partial charge in [-0.25, -0.2) is 0 Å².